The summed E-state index contributed by atoms with van der Waals surface area (Å²) in [6.45, 7) is 3.34. The number of rotatable bonds is 2. The zero-order valence-corrected chi connectivity index (χ0v) is 13.6. The Bertz CT molecular complexity index is 729. The molecule has 1 saturated heterocycles. The van der Waals surface area contributed by atoms with Gasteiger partial charge in [0, 0.05) is 23.1 Å². The van der Waals surface area contributed by atoms with Crippen LogP contribution in [0.3, 0.4) is 0 Å². The molecule has 2 aromatic heterocycles. The summed E-state index contributed by atoms with van der Waals surface area (Å²) in [6, 6.07) is 8.16. The van der Waals surface area contributed by atoms with Crippen LogP contribution in [-0.4, -0.2) is 40.9 Å². The maximum Gasteiger partial charge on any atom is 0.214 e. The summed E-state index contributed by atoms with van der Waals surface area (Å²) in [7, 11) is 0. The quantitative estimate of drug-likeness (QED) is 0.700. The van der Waals surface area contributed by atoms with E-state index < -0.39 is 0 Å². The Balaban J connectivity index is 1.65. The molecule has 0 amide bonds. The number of anilines is 1. The molecule has 1 fully saturated rings. The van der Waals surface area contributed by atoms with E-state index in [1.54, 1.807) is 11.3 Å². The standard InChI is InChI=1S/C14H13BrN4OS/c15-11-3-1-10(2-4-11)12-9-19-13(16-12)21-14(17-19)18-5-7-20-8-6-18/h1-4,9H,5-8H2. The monoisotopic (exact) mass is 364 g/mol. The van der Waals surface area contributed by atoms with Crippen molar-refractivity contribution in [2.45, 2.75) is 0 Å². The molecule has 108 valence electrons. The smallest absolute Gasteiger partial charge is 0.214 e. The molecule has 1 aliphatic rings. The van der Waals surface area contributed by atoms with E-state index in [2.05, 4.69) is 43.0 Å². The molecule has 0 N–H and O–H groups in total. The highest BCUT2D eigenvalue weighted by Gasteiger charge is 2.17. The minimum absolute atomic E-state index is 0.770. The lowest BCUT2D eigenvalue weighted by Gasteiger charge is -2.25. The summed E-state index contributed by atoms with van der Waals surface area (Å²) < 4.78 is 8.31. The third-order valence-corrected chi connectivity index (χ3v) is 4.97. The molecule has 21 heavy (non-hydrogen) atoms. The molecule has 0 spiro atoms. The normalized spacial score (nSPS) is 15.8. The van der Waals surface area contributed by atoms with Crippen molar-refractivity contribution in [1.29, 1.82) is 0 Å². The van der Waals surface area contributed by atoms with Crippen LogP contribution in [0.15, 0.2) is 34.9 Å². The molecule has 0 bridgehead atoms. The van der Waals surface area contributed by atoms with Gasteiger partial charge in [0.2, 0.25) is 10.1 Å². The number of morpholine rings is 1. The first kappa shape index (κ1) is 13.2. The highest BCUT2D eigenvalue weighted by Crippen LogP contribution is 2.27. The summed E-state index contributed by atoms with van der Waals surface area (Å²) in [5.41, 5.74) is 2.05. The zero-order valence-electron chi connectivity index (χ0n) is 11.2. The molecule has 0 radical (unpaired) electrons. The number of hydrogen-bond acceptors (Lipinski definition) is 5. The van der Waals surface area contributed by atoms with Crippen molar-refractivity contribution in [3.8, 4) is 11.3 Å². The fraction of sp³-hybridized carbons (Fsp3) is 0.286. The van der Waals surface area contributed by atoms with E-state index in [9.17, 15) is 0 Å². The van der Waals surface area contributed by atoms with Crippen molar-refractivity contribution in [3.05, 3.63) is 34.9 Å². The van der Waals surface area contributed by atoms with Crippen molar-refractivity contribution in [2.24, 2.45) is 0 Å². The van der Waals surface area contributed by atoms with Crippen LogP contribution in [0.4, 0.5) is 5.13 Å². The van der Waals surface area contributed by atoms with E-state index in [4.69, 9.17) is 4.74 Å². The van der Waals surface area contributed by atoms with E-state index in [-0.39, 0.29) is 0 Å². The minimum atomic E-state index is 0.770. The van der Waals surface area contributed by atoms with Crippen LogP contribution in [-0.2, 0) is 4.74 Å². The van der Waals surface area contributed by atoms with Crippen molar-refractivity contribution in [2.75, 3.05) is 31.2 Å². The largest absolute Gasteiger partial charge is 0.378 e. The van der Waals surface area contributed by atoms with Crippen LogP contribution in [0, 0.1) is 0 Å². The van der Waals surface area contributed by atoms with Crippen LogP contribution in [0.1, 0.15) is 0 Å². The maximum atomic E-state index is 5.37. The van der Waals surface area contributed by atoms with Gasteiger partial charge in [-0.15, -0.1) is 5.10 Å². The molecule has 0 aliphatic carbocycles. The van der Waals surface area contributed by atoms with Crippen LogP contribution >= 0.6 is 27.3 Å². The Morgan fingerprint density at radius 1 is 1.14 bits per heavy atom. The van der Waals surface area contributed by atoms with Gasteiger partial charge in [-0.3, -0.25) is 0 Å². The van der Waals surface area contributed by atoms with Gasteiger partial charge in [-0.2, -0.15) is 0 Å². The molecule has 3 aromatic rings. The molecule has 1 aromatic carbocycles. The van der Waals surface area contributed by atoms with Crippen molar-refractivity contribution in [1.82, 2.24) is 14.6 Å². The predicted octanol–water partition coefficient (Wildman–Crippen LogP) is 3.06. The third kappa shape index (κ3) is 2.56. The van der Waals surface area contributed by atoms with Crippen molar-refractivity contribution >= 4 is 37.4 Å². The molecule has 0 unspecified atom stereocenters. The molecular weight excluding hydrogens is 352 g/mol. The van der Waals surface area contributed by atoms with E-state index in [1.807, 2.05) is 22.8 Å². The van der Waals surface area contributed by atoms with E-state index in [0.717, 1.165) is 52.1 Å². The van der Waals surface area contributed by atoms with Crippen LogP contribution in [0.5, 0.6) is 0 Å². The predicted molar refractivity (Wildman–Crippen MR) is 87.0 cm³/mol. The number of aromatic nitrogens is 3. The number of imidazole rings is 1. The minimum Gasteiger partial charge on any atom is -0.378 e. The van der Waals surface area contributed by atoms with Crippen LogP contribution in [0.2, 0.25) is 0 Å². The van der Waals surface area contributed by atoms with E-state index in [0.29, 0.717) is 0 Å². The summed E-state index contributed by atoms with van der Waals surface area (Å²) in [4.78, 5) is 7.85. The average Bonchev–Trinajstić information content (AvgIpc) is 3.07. The lowest BCUT2D eigenvalue weighted by atomic mass is 10.2. The molecule has 3 heterocycles. The fourth-order valence-electron chi connectivity index (χ4n) is 2.33. The molecule has 1 aliphatic heterocycles. The van der Waals surface area contributed by atoms with E-state index in [1.165, 1.54) is 0 Å². The van der Waals surface area contributed by atoms with Crippen molar-refractivity contribution < 1.29 is 4.74 Å². The third-order valence-electron chi connectivity index (χ3n) is 3.45. The number of benzene rings is 1. The number of nitrogens with zero attached hydrogens (tertiary/aromatic N) is 4. The van der Waals surface area contributed by atoms with Crippen LogP contribution < -0.4 is 4.90 Å². The second-order valence-electron chi connectivity index (χ2n) is 4.84. The summed E-state index contributed by atoms with van der Waals surface area (Å²) in [6.07, 6.45) is 1.99. The van der Waals surface area contributed by atoms with Gasteiger partial charge in [0.05, 0.1) is 25.1 Å². The van der Waals surface area contributed by atoms with Gasteiger partial charge in [0.1, 0.15) is 0 Å². The second kappa shape index (κ2) is 5.40. The van der Waals surface area contributed by atoms with Gasteiger partial charge in [-0.1, -0.05) is 39.4 Å². The summed E-state index contributed by atoms with van der Waals surface area (Å²) >= 11 is 5.07. The molecule has 0 saturated carbocycles. The zero-order chi connectivity index (χ0) is 14.2. The molecular formula is C14H13BrN4OS. The van der Waals surface area contributed by atoms with Gasteiger partial charge >= 0.3 is 0 Å². The summed E-state index contributed by atoms with van der Waals surface area (Å²) in [5.74, 6) is 0. The highest BCUT2D eigenvalue weighted by atomic mass is 79.9. The first-order valence-corrected chi connectivity index (χ1v) is 8.35. The molecule has 0 atom stereocenters. The Morgan fingerprint density at radius 3 is 2.62 bits per heavy atom. The van der Waals surface area contributed by atoms with Gasteiger partial charge in [-0.05, 0) is 12.1 Å². The SMILES string of the molecule is Brc1ccc(-c2cn3nc(N4CCOCC4)sc3n2)cc1. The lowest BCUT2D eigenvalue weighted by Crippen LogP contribution is -2.36. The molecule has 7 heteroatoms. The Hall–Kier alpha value is -1.44. The van der Waals surface area contributed by atoms with Gasteiger partial charge in [0.15, 0.2) is 0 Å². The van der Waals surface area contributed by atoms with Gasteiger partial charge in [0.25, 0.3) is 0 Å². The number of halogens is 1. The Kier molecular flexibility index (Phi) is 3.40. The highest BCUT2D eigenvalue weighted by molar-refractivity contribution is 9.10. The van der Waals surface area contributed by atoms with Crippen molar-refractivity contribution in [3.63, 3.8) is 0 Å². The maximum absolute atomic E-state index is 5.37. The first-order valence-electron chi connectivity index (χ1n) is 6.74. The fourth-order valence-corrected chi connectivity index (χ4v) is 3.53. The number of ether oxygens (including phenoxy) is 1. The second-order valence-corrected chi connectivity index (χ2v) is 6.69. The molecule has 4 rings (SSSR count). The summed E-state index contributed by atoms with van der Waals surface area (Å²) in [5, 5.41) is 5.65. The number of fused-ring (bicyclic) bond motifs is 1. The van der Waals surface area contributed by atoms with Gasteiger partial charge < -0.3 is 9.64 Å². The Morgan fingerprint density at radius 2 is 1.90 bits per heavy atom. The van der Waals surface area contributed by atoms with E-state index >= 15 is 0 Å². The lowest BCUT2D eigenvalue weighted by molar-refractivity contribution is 0.122. The molecule has 5 nitrogen and oxygen atoms in total. The Labute approximate surface area is 134 Å². The average molecular weight is 365 g/mol. The first-order chi connectivity index (χ1) is 10.3. The number of hydrogen-bond donors (Lipinski definition) is 0. The van der Waals surface area contributed by atoms with Gasteiger partial charge in [-0.25, -0.2) is 9.50 Å². The van der Waals surface area contributed by atoms with Crippen LogP contribution in [0.25, 0.3) is 16.2 Å². The topological polar surface area (TPSA) is 42.7 Å².